The summed E-state index contributed by atoms with van der Waals surface area (Å²) in [6.07, 6.45) is 3.77. The molecule has 1 aromatic carbocycles. The number of anilines is 2. The Morgan fingerprint density at radius 1 is 1.14 bits per heavy atom. The minimum Gasteiger partial charge on any atom is -0.313 e. The highest BCUT2D eigenvalue weighted by Crippen LogP contribution is 2.24. The standard InChI is InChI=1S/C17H24N4/c1-12(2)18-9-15-10-19-17(20-11-15)21(5)16-7-6-13(3)8-14(16)4/h6-8,10-12,18H,9H2,1-5H3. The summed E-state index contributed by atoms with van der Waals surface area (Å²) in [7, 11) is 2.00. The zero-order chi connectivity index (χ0) is 15.4. The van der Waals surface area contributed by atoms with Gasteiger partial charge in [0.05, 0.1) is 0 Å². The molecule has 1 aromatic heterocycles. The van der Waals surface area contributed by atoms with Crippen molar-refractivity contribution in [1.82, 2.24) is 15.3 Å². The molecule has 0 radical (unpaired) electrons. The van der Waals surface area contributed by atoms with Gasteiger partial charge in [-0.25, -0.2) is 9.97 Å². The Hall–Kier alpha value is -1.94. The van der Waals surface area contributed by atoms with E-state index in [-0.39, 0.29) is 0 Å². The topological polar surface area (TPSA) is 41.1 Å². The van der Waals surface area contributed by atoms with Gasteiger partial charge in [0.15, 0.2) is 0 Å². The molecule has 0 saturated carbocycles. The third-order valence-electron chi connectivity index (χ3n) is 3.42. The highest BCUT2D eigenvalue weighted by Gasteiger charge is 2.09. The van der Waals surface area contributed by atoms with E-state index in [2.05, 4.69) is 61.2 Å². The molecule has 4 heteroatoms. The molecule has 2 rings (SSSR count). The van der Waals surface area contributed by atoms with E-state index in [0.29, 0.717) is 6.04 Å². The van der Waals surface area contributed by atoms with Crippen LogP contribution in [0.2, 0.25) is 0 Å². The molecule has 1 N–H and O–H groups in total. The maximum absolute atomic E-state index is 4.47. The Morgan fingerprint density at radius 2 is 1.81 bits per heavy atom. The molecule has 0 fully saturated rings. The first kappa shape index (κ1) is 15.4. The summed E-state index contributed by atoms with van der Waals surface area (Å²) in [5.74, 6) is 0.718. The first-order valence-electron chi connectivity index (χ1n) is 7.32. The van der Waals surface area contributed by atoms with E-state index in [4.69, 9.17) is 0 Å². The van der Waals surface area contributed by atoms with Gasteiger partial charge in [-0.1, -0.05) is 31.5 Å². The van der Waals surface area contributed by atoms with Gasteiger partial charge in [0.2, 0.25) is 5.95 Å². The van der Waals surface area contributed by atoms with Crippen molar-refractivity contribution in [2.75, 3.05) is 11.9 Å². The van der Waals surface area contributed by atoms with Crippen LogP contribution in [0.25, 0.3) is 0 Å². The lowest BCUT2D eigenvalue weighted by Crippen LogP contribution is -2.22. The summed E-state index contributed by atoms with van der Waals surface area (Å²) in [5.41, 5.74) is 4.72. The van der Waals surface area contributed by atoms with Gasteiger partial charge in [0.1, 0.15) is 0 Å². The lowest BCUT2D eigenvalue weighted by Gasteiger charge is -2.20. The maximum Gasteiger partial charge on any atom is 0.229 e. The van der Waals surface area contributed by atoms with Crippen molar-refractivity contribution in [1.29, 1.82) is 0 Å². The monoisotopic (exact) mass is 284 g/mol. The molecule has 1 heterocycles. The van der Waals surface area contributed by atoms with Crippen molar-refractivity contribution in [3.8, 4) is 0 Å². The number of nitrogens with one attached hydrogen (secondary N) is 1. The Bertz CT molecular complexity index is 590. The molecule has 0 aliphatic heterocycles. The Kier molecular flexibility index (Phi) is 4.91. The van der Waals surface area contributed by atoms with E-state index in [1.165, 1.54) is 11.1 Å². The molecule has 0 unspecified atom stereocenters. The second-order valence-electron chi connectivity index (χ2n) is 5.78. The summed E-state index contributed by atoms with van der Waals surface area (Å²) in [4.78, 5) is 11.0. The Morgan fingerprint density at radius 3 is 2.38 bits per heavy atom. The molecule has 0 aliphatic rings. The highest BCUT2D eigenvalue weighted by atomic mass is 15.2. The first-order chi connectivity index (χ1) is 9.97. The summed E-state index contributed by atoms with van der Waals surface area (Å²) in [6.45, 7) is 9.27. The van der Waals surface area contributed by atoms with Gasteiger partial charge >= 0.3 is 0 Å². The van der Waals surface area contributed by atoms with Crippen LogP contribution in [0.4, 0.5) is 11.6 Å². The minimum absolute atomic E-state index is 0.461. The predicted octanol–water partition coefficient (Wildman–Crippen LogP) is 3.36. The molecular formula is C17H24N4. The van der Waals surface area contributed by atoms with E-state index >= 15 is 0 Å². The highest BCUT2D eigenvalue weighted by molar-refractivity contribution is 5.61. The van der Waals surface area contributed by atoms with E-state index < -0.39 is 0 Å². The number of aryl methyl sites for hydroxylation is 2. The van der Waals surface area contributed by atoms with Crippen LogP contribution in [0.3, 0.4) is 0 Å². The summed E-state index contributed by atoms with van der Waals surface area (Å²) in [6, 6.07) is 6.86. The molecule has 0 amide bonds. The van der Waals surface area contributed by atoms with Gasteiger partial charge in [-0.05, 0) is 25.5 Å². The van der Waals surface area contributed by atoms with Crippen LogP contribution in [0, 0.1) is 13.8 Å². The van der Waals surface area contributed by atoms with Gasteiger partial charge in [-0.15, -0.1) is 0 Å². The van der Waals surface area contributed by atoms with Crippen molar-refractivity contribution in [2.45, 2.75) is 40.3 Å². The maximum atomic E-state index is 4.47. The normalized spacial score (nSPS) is 11.0. The van der Waals surface area contributed by atoms with E-state index in [9.17, 15) is 0 Å². The lowest BCUT2D eigenvalue weighted by molar-refractivity contribution is 0.587. The van der Waals surface area contributed by atoms with Crippen molar-refractivity contribution in [3.63, 3.8) is 0 Å². The number of nitrogens with zero attached hydrogens (tertiary/aromatic N) is 3. The Balaban J connectivity index is 2.14. The van der Waals surface area contributed by atoms with E-state index in [1.54, 1.807) is 0 Å². The fraction of sp³-hybridized carbons (Fsp3) is 0.412. The van der Waals surface area contributed by atoms with Crippen LogP contribution in [-0.4, -0.2) is 23.1 Å². The number of benzene rings is 1. The quantitative estimate of drug-likeness (QED) is 0.914. The number of hydrogen-bond donors (Lipinski definition) is 1. The number of aromatic nitrogens is 2. The molecule has 21 heavy (non-hydrogen) atoms. The fourth-order valence-corrected chi connectivity index (χ4v) is 2.22. The second kappa shape index (κ2) is 6.68. The van der Waals surface area contributed by atoms with Crippen molar-refractivity contribution < 1.29 is 0 Å². The molecule has 0 spiro atoms. The van der Waals surface area contributed by atoms with Crippen LogP contribution < -0.4 is 10.2 Å². The molecule has 0 bridgehead atoms. The van der Waals surface area contributed by atoms with Gasteiger partial charge in [-0.2, -0.15) is 0 Å². The summed E-state index contributed by atoms with van der Waals surface area (Å²) < 4.78 is 0. The van der Waals surface area contributed by atoms with Gasteiger partial charge < -0.3 is 10.2 Å². The number of rotatable bonds is 5. The minimum atomic E-state index is 0.461. The smallest absolute Gasteiger partial charge is 0.229 e. The van der Waals surface area contributed by atoms with E-state index in [1.807, 2.05) is 24.3 Å². The van der Waals surface area contributed by atoms with Gasteiger partial charge in [0.25, 0.3) is 0 Å². The molecule has 0 saturated heterocycles. The summed E-state index contributed by atoms with van der Waals surface area (Å²) >= 11 is 0. The summed E-state index contributed by atoms with van der Waals surface area (Å²) in [5, 5.41) is 3.36. The third-order valence-corrected chi connectivity index (χ3v) is 3.42. The largest absolute Gasteiger partial charge is 0.313 e. The van der Waals surface area contributed by atoms with Crippen LogP contribution in [-0.2, 0) is 6.54 Å². The van der Waals surface area contributed by atoms with Gasteiger partial charge in [-0.3, -0.25) is 0 Å². The van der Waals surface area contributed by atoms with Crippen molar-refractivity contribution >= 4 is 11.6 Å². The van der Waals surface area contributed by atoms with Crippen LogP contribution in [0.1, 0.15) is 30.5 Å². The molecule has 4 nitrogen and oxygen atoms in total. The second-order valence-corrected chi connectivity index (χ2v) is 5.78. The van der Waals surface area contributed by atoms with Crippen LogP contribution >= 0.6 is 0 Å². The fourth-order valence-electron chi connectivity index (χ4n) is 2.22. The molecule has 112 valence electrons. The molecule has 0 aliphatic carbocycles. The zero-order valence-electron chi connectivity index (χ0n) is 13.5. The third kappa shape index (κ3) is 4.02. The average Bonchev–Trinajstić information content (AvgIpc) is 2.45. The Labute approximate surface area is 127 Å². The molecular weight excluding hydrogens is 260 g/mol. The van der Waals surface area contributed by atoms with E-state index in [0.717, 1.165) is 23.7 Å². The molecule has 0 atom stereocenters. The first-order valence-corrected chi connectivity index (χ1v) is 7.32. The van der Waals surface area contributed by atoms with Crippen LogP contribution in [0.5, 0.6) is 0 Å². The SMILES string of the molecule is Cc1ccc(N(C)c2ncc(CNC(C)C)cn2)c(C)c1. The van der Waals surface area contributed by atoms with Crippen molar-refractivity contribution in [2.24, 2.45) is 0 Å². The average molecular weight is 284 g/mol. The zero-order valence-corrected chi connectivity index (χ0v) is 13.5. The van der Waals surface area contributed by atoms with Gasteiger partial charge in [0, 0.05) is 43.3 Å². The number of hydrogen-bond acceptors (Lipinski definition) is 4. The molecule has 2 aromatic rings. The van der Waals surface area contributed by atoms with Crippen molar-refractivity contribution in [3.05, 3.63) is 47.3 Å². The predicted molar refractivity (Wildman–Crippen MR) is 88.0 cm³/mol. The lowest BCUT2D eigenvalue weighted by atomic mass is 10.1. The van der Waals surface area contributed by atoms with Crippen LogP contribution in [0.15, 0.2) is 30.6 Å².